The minimum atomic E-state index is -0.231. The van der Waals surface area contributed by atoms with Gasteiger partial charge in [-0.25, -0.2) is 9.89 Å². The molecule has 144 valence electrons. The Morgan fingerprint density at radius 2 is 2.04 bits per heavy atom. The van der Waals surface area contributed by atoms with Gasteiger partial charge in [0, 0.05) is 13.6 Å². The highest BCUT2D eigenvalue weighted by Crippen LogP contribution is 2.49. The van der Waals surface area contributed by atoms with Crippen LogP contribution in [0.25, 0.3) is 0 Å². The van der Waals surface area contributed by atoms with E-state index in [0.717, 1.165) is 18.5 Å². The molecule has 0 bridgehead atoms. The molecule has 7 nitrogen and oxygen atoms in total. The van der Waals surface area contributed by atoms with E-state index in [0.29, 0.717) is 37.3 Å². The van der Waals surface area contributed by atoms with Crippen molar-refractivity contribution >= 4 is 5.91 Å². The average molecular weight is 370 g/mol. The van der Waals surface area contributed by atoms with Crippen LogP contribution in [-0.2, 0) is 23.2 Å². The zero-order chi connectivity index (χ0) is 18.8. The third-order valence-electron chi connectivity index (χ3n) is 5.74. The standard InChI is InChI=1S/C20H26N4O3/c1-23-19(21-22-20(23)26)18-16(15-7-8-15)9-11-24(18)17(25)10-12-27-13-14-5-3-2-4-6-14/h2-6,15-16,18H,7-13H2,1H3,(H,22,26). The van der Waals surface area contributed by atoms with Gasteiger partial charge in [-0.05, 0) is 36.7 Å². The fraction of sp³-hybridized carbons (Fsp3) is 0.550. The molecule has 4 rings (SSSR count). The number of carbonyl (C=O) groups is 1. The number of hydrogen-bond acceptors (Lipinski definition) is 4. The Bertz CT molecular complexity index is 840. The Morgan fingerprint density at radius 3 is 2.70 bits per heavy atom. The first-order valence-electron chi connectivity index (χ1n) is 9.67. The Balaban J connectivity index is 1.39. The smallest absolute Gasteiger partial charge is 0.343 e. The highest BCUT2D eigenvalue weighted by atomic mass is 16.5. The molecule has 7 heteroatoms. The lowest BCUT2D eigenvalue weighted by molar-refractivity contribution is -0.134. The lowest BCUT2D eigenvalue weighted by Gasteiger charge is -2.27. The van der Waals surface area contributed by atoms with Gasteiger partial charge in [0.25, 0.3) is 0 Å². The van der Waals surface area contributed by atoms with Gasteiger partial charge in [0.2, 0.25) is 5.91 Å². The second-order valence-electron chi connectivity index (χ2n) is 7.56. The molecule has 2 heterocycles. The van der Waals surface area contributed by atoms with Gasteiger partial charge in [-0.1, -0.05) is 30.3 Å². The lowest BCUT2D eigenvalue weighted by Crippen LogP contribution is -2.35. The van der Waals surface area contributed by atoms with Gasteiger partial charge in [0.05, 0.1) is 25.7 Å². The molecule has 1 aromatic carbocycles. The molecular weight excluding hydrogens is 344 g/mol. The number of aromatic nitrogens is 3. The van der Waals surface area contributed by atoms with Crippen LogP contribution in [0.3, 0.4) is 0 Å². The number of ether oxygens (including phenoxy) is 1. The number of hydrogen-bond donors (Lipinski definition) is 1. The van der Waals surface area contributed by atoms with Crippen molar-refractivity contribution in [2.75, 3.05) is 13.2 Å². The van der Waals surface area contributed by atoms with Gasteiger partial charge in [0.15, 0.2) is 5.82 Å². The number of carbonyl (C=O) groups excluding carboxylic acids is 1. The predicted molar refractivity (Wildman–Crippen MR) is 99.8 cm³/mol. The Morgan fingerprint density at radius 1 is 1.26 bits per heavy atom. The normalized spacial score (nSPS) is 22.3. The predicted octanol–water partition coefficient (Wildman–Crippen LogP) is 2.01. The van der Waals surface area contributed by atoms with E-state index in [4.69, 9.17) is 4.74 Å². The summed E-state index contributed by atoms with van der Waals surface area (Å²) < 4.78 is 7.22. The zero-order valence-corrected chi connectivity index (χ0v) is 15.6. The second kappa shape index (κ2) is 7.68. The van der Waals surface area contributed by atoms with Crippen molar-refractivity contribution < 1.29 is 9.53 Å². The summed E-state index contributed by atoms with van der Waals surface area (Å²) in [4.78, 5) is 26.6. The van der Waals surface area contributed by atoms with E-state index < -0.39 is 0 Å². The lowest BCUT2D eigenvalue weighted by atomic mass is 9.94. The molecule has 1 N–H and O–H groups in total. The van der Waals surface area contributed by atoms with Crippen molar-refractivity contribution in [1.82, 2.24) is 19.7 Å². The zero-order valence-electron chi connectivity index (χ0n) is 15.6. The maximum absolute atomic E-state index is 12.9. The Labute approximate surface area is 158 Å². The molecule has 1 aromatic heterocycles. The molecule has 2 atom stereocenters. The van der Waals surface area contributed by atoms with E-state index in [9.17, 15) is 9.59 Å². The van der Waals surface area contributed by atoms with E-state index in [1.807, 2.05) is 35.2 Å². The molecule has 1 saturated heterocycles. The molecule has 2 unspecified atom stereocenters. The number of likely N-dealkylation sites (tertiary alicyclic amines) is 1. The fourth-order valence-electron chi connectivity index (χ4n) is 4.14. The third kappa shape index (κ3) is 3.83. The van der Waals surface area contributed by atoms with Crippen LogP contribution < -0.4 is 5.69 Å². The number of aromatic amines is 1. The van der Waals surface area contributed by atoms with Crippen LogP contribution in [0.2, 0.25) is 0 Å². The number of amides is 1. The van der Waals surface area contributed by atoms with Gasteiger partial charge in [-0.2, -0.15) is 5.10 Å². The SMILES string of the molecule is Cn1c(C2C(C3CC3)CCN2C(=O)CCOCc2ccccc2)n[nH]c1=O. The van der Waals surface area contributed by atoms with E-state index in [-0.39, 0.29) is 17.6 Å². The number of nitrogens with one attached hydrogen (secondary N) is 1. The van der Waals surface area contributed by atoms with Crippen LogP contribution >= 0.6 is 0 Å². The van der Waals surface area contributed by atoms with E-state index in [1.165, 1.54) is 17.4 Å². The number of rotatable bonds is 7. The molecule has 1 aliphatic carbocycles. The Kier molecular flexibility index (Phi) is 5.11. The summed E-state index contributed by atoms with van der Waals surface area (Å²) in [6, 6.07) is 9.84. The van der Waals surface area contributed by atoms with Crippen molar-refractivity contribution in [3.8, 4) is 0 Å². The van der Waals surface area contributed by atoms with E-state index >= 15 is 0 Å². The third-order valence-corrected chi connectivity index (χ3v) is 5.74. The molecule has 0 spiro atoms. The molecule has 27 heavy (non-hydrogen) atoms. The van der Waals surface area contributed by atoms with Crippen molar-refractivity contribution in [2.24, 2.45) is 18.9 Å². The topological polar surface area (TPSA) is 80.2 Å². The molecule has 0 radical (unpaired) electrons. The van der Waals surface area contributed by atoms with Gasteiger partial charge < -0.3 is 9.64 Å². The summed E-state index contributed by atoms with van der Waals surface area (Å²) in [5.41, 5.74) is 0.870. The maximum atomic E-state index is 12.9. The van der Waals surface area contributed by atoms with Crippen molar-refractivity contribution in [3.05, 3.63) is 52.2 Å². The van der Waals surface area contributed by atoms with E-state index in [1.54, 1.807) is 7.05 Å². The van der Waals surface area contributed by atoms with Crippen LogP contribution in [-0.4, -0.2) is 38.7 Å². The molecule has 2 aliphatic rings. The van der Waals surface area contributed by atoms with Crippen LogP contribution in [0.15, 0.2) is 35.1 Å². The first-order chi connectivity index (χ1) is 13.1. The molecule has 1 aliphatic heterocycles. The number of nitrogens with zero attached hydrogens (tertiary/aromatic N) is 3. The molecule has 1 saturated carbocycles. The van der Waals surface area contributed by atoms with Gasteiger partial charge in [-0.15, -0.1) is 0 Å². The fourth-order valence-corrected chi connectivity index (χ4v) is 4.14. The average Bonchev–Trinajstić information content (AvgIpc) is 3.36. The summed E-state index contributed by atoms with van der Waals surface area (Å²) in [6.07, 6.45) is 3.75. The van der Waals surface area contributed by atoms with Crippen molar-refractivity contribution in [1.29, 1.82) is 0 Å². The molecular formula is C20H26N4O3. The van der Waals surface area contributed by atoms with Crippen LogP contribution in [0.1, 0.15) is 43.1 Å². The molecule has 2 fully saturated rings. The summed E-state index contributed by atoms with van der Waals surface area (Å²) in [6.45, 7) is 1.63. The van der Waals surface area contributed by atoms with Crippen LogP contribution in [0.4, 0.5) is 0 Å². The van der Waals surface area contributed by atoms with Crippen molar-refractivity contribution in [3.63, 3.8) is 0 Å². The molecule has 1 amide bonds. The quantitative estimate of drug-likeness (QED) is 0.756. The summed E-state index contributed by atoms with van der Waals surface area (Å²) >= 11 is 0. The monoisotopic (exact) mass is 370 g/mol. The van der Waals surface area contributed by atoms with Gasteiger partial charge in [0.1, 0.15) is 0 Å². The maximum Gasteiger partial charge on any atom is 0.343 e. The molecule has 2 aromatic rings. The summed E-state index contributed by atoms with van der Waals surface area (Å²) in [5, 5.41) is 6.75. The first kappa shape index (κ1) is 18.0. The van der Waals surface area contributed by atoms with Crippen LogP contribution in [0.5, 0.6) is 0 Å². The number of H-pyrrole nitrogens is 1. The minimum Gasteiger partial charge on any atom is -0.376 e. The summed E-state index contributed by atoms with van der Waals surface area (Å²) in [7, 11) is 1.72. The minimum absolute atomic E-state index is 0.0756. The highest BCUT2D eigenvalue weighted by Gasteiger charge is 2.47. The van der Waals surface area contributed by atoms with Gasteiger partial charge in [-0.3, -0.25) is 9.36 Å². The van der Waals surface area contributed by atoms with Crippen LogP contribution in [0, 0.1) is 11.8 Å². The Hall–Kier alpha value is -2.41. The van der Waals surface area contributed by atoms with Crippen molar-refractivity contribution in [2.45, 2.75) is 38.3 Å². The van der Waals surface area contributed by atoms with Gasteiger partial charge >= 0.3 is 5.69 Å². The largest absolute Gasteiger partial charge is 0.376 e. The summed E-state index contributed by atoms with van der Waals surface area (Å²) in [5.74, 6) is 1.79. The number of benzene rings is 1. The first-order valence-corrected chi connectivity index (χ1v) is 9.67. The van der Waals surface area contributed by atoms with E-state index in [2.05, 4.69) is 10.2 Å². The second-order valence-corrected chi connectivity index (χ2v) is 7.56. The highest BCUT2D eigenvalue weighted by molar-refractivity contribution is 5.77.